The molecule has 0 aliphatic carbocycles. The van der Waals surface area contributed by atoms with Crippen LogP contribution in [0.5, 0.6) is 5.75 Å². The van der Waals surface area contributed by atoms with Gasteiger partial charge in [0.15, 0.2) is 5.76 Å². The molecule has 3 aromatic rings. The molecular weight excluding hydrogens is 498 g/mol. The van der Waals surface area contributed by atoms with Crippen LogP contribution >= 0.6 is 11.6 Å². The Bertz CT molecular complexity index is 1210. The smallest absolute Gasteiger partial charge is 0.287 e. The van der Waals surface area contributed by atoms with E-state index in [1.165, 1.54) is 24.3 Å². The molecular formula is C27H28ClN3O6. The van der Waals surface area contributed by atoms with Crippen molar-refractivity contribution in [3.05, 3.63) is 83.3 Å². The summed E-state index contributed by atoms with van der Waals surface area (Å²) < 4.78 is 16.0. The minimum Gasteiger partial charge on any atom is -0.495 e. The maximum absolute atomic E-state index is 13.7. The second-order valence-electron chi connectivity index (χ2n) is 8.44. The van der Waals surface area contributed by atoms with Gasteiger partial charge in [0.05, 0.1) is 31.0 Å². The Balaban J connectivity index is 1.66. The van der Waals surface area contributed by atoms with Gasteiger partial charge < -0.3 is 24.5 Å². The van der Waals surface area contributed by atoms with E-state index in [-0.39, 0.29) is 29.3 Å². The van der Waals surface area contributed by atoms with E-state index in [0.717, 1.165) is 12.8 Å². The van der Waals surface area contributed by atoms with Crippen LogP contribution in [0.15, 0.2) is 71.3 Å². The van der Waals surface area contributed by atoms with Crippen LogP contribution in [0.25, 0.3) is 0 Å². The lowest BCUT2D eigenvalue weighted by Crippen LogP contribution is -2.48. The van der Waals surface area contributed by atoms with Gasteiger partial charge in [0, 0.05) is 18.8 Å². The molecule has 1 aromatic heterocycles. The van der Waals surface area contributed by atoms with Crippen molar-refractivity contribution < 1.29 is 28.3 Å². The molecule has 0 bridgehead atoms. The van der Waals surface area contributed by atoms with E-state index in [1.807, 2.05) is 6.07 Å². The third kappa shape index (κ3) is 6.49. The number of nitrogens with zero attached hydrogens (tertiary/aromatic N) is 1. The van der Waals surface area contributed by atoms with Crippen LogP contribution in [0.2, 0.25) is 5.02 Å². The van der Waals surface area contributed by atoms with Crippen molar-refractivity contribution in [3.63, 3.8) is 0 Å². The summed E-state index contributed by atoms with van der Waals surface area (Å²) in [6.45, 7) is 0.599. The molecule has 9 nitrogen and oxygen atoms in total. The standard InChI is InChI=1S/C27H28ClN3O6/c1-35-22-12-11-19(15-21(22)28)31(24(32)17-30-26(33)23-10-6-14-37-23)25(18-7-3-2-4-8-18)27(34)29-16-20-9-5-13-36-20/h2-4,6-8,10-12,14-15,20,25H,5,9,13,16-17H2,1H3,(H,29,34)(H,30,33)/t20-,25+/m0/s1. The molecule has 194 valence electrons. The van der Waals surface area contributed by atoms with E-state index >= 15 is 0 Å². The maximum Gasteiger partial charge on any atom is 0.287 e. The van der Waals surface area contributed by atoms with Crippen molar-refractivity contribution in [2.75, 3.05) is 31.7 Å². The van der Waals surface area contributed by atoms with Crippen molar-refractivity contribution in [1.29, 1.82) is 0 Å². The number of rotatable bonds is 10. The van der Waals surface area contributed by atoms with Crippen LogP contribution < -0.4 is 20.3 Å². The van der Waals surface area contributed by atoms with Gasteiger partial charge in [-0.2, -0.15) is 0 Å². The molecule has 2 heterocycles. The molecule has 2 aromatic carbocycles. The molecule has 4 rings (SSSR count). The number of furan rings is 1. The quantitative estimate of drug-likeness (QED) is 0.417. The van der Waals surface area contributed by atoms with E-state index in [9.17, 15) is 14.4 Å². The summed E-state index contributed by atoms with van der Waals surface area (Å²) in [4.78, 5) is 41.0. The van der Waals surface area contributed by atoms with Crippen LogP contribution in [-0.4, -0.2) is 50.6 Å². The predicted molar refractivity (Wildman–Crippen MR) is 138 cm³/mol. The summed E-state index contributed by atoms with van der Waals surface area (Å²) in [5.41, 5.74) is 0.953. The van der Waals surface area contributed by atoms with Gasteiger partial charge in [-0.3, -0.25) is 19.3 Å². The number of ether oxygens (including phenoxy) is 2. The van der Waals surface area contributed by atoms with Crippen molar-refractivity contribution in [2.24, 2.45) is 0 Å². The number of carbonyl (C=O) groups is 3. The Labute approximate surface area is 219 Å². The first kappa shape index (κ1) is 26.2. The summed E-state index contributed by atoms with van der Waals surface area (Å²) >= 11 is 6.39. The highest BCUT2D eigenvalue weighted by Gasteiger charge is 2.34. The average molecular weight is 526 g/mol. The highest BCUT2D eigenvalue weighted by molar-refractivity contribution is 6.32. The Morgan fingerprint density at radius 1 is 1.11 bits per heavy atom. The number of amides is 3. The topological polar surface area (TPSA) is 110 Å². The lowest BCUT2D eigenvalue weighted by molar-refractivity contribution is -0.126. The molecule has 1 aliphatic rings. The van der Waals surface area contributed by atoms with Crippen LogP contribution in [0.1, 0.15) is 35.0 Å². The van der Waals surface area contributed by atoms with Gasteiger partial charge in [0.2, 0.25) is 11.8 Å². The molecule has 2 atom stereocenters. The third-order valence-corrected chi connectivity index (χ3v) is 6.27. The van der Waals surface area contributed by atoms with Crippen molar-refractivity contribution >= 4 is 35.0 Å². The summed E-state index contributed by atoms with van der Waals surface area (Å²) in [6, 6.07) is 15.8. The minimum absolute atomic E-state index is 0.0701. The number of nitrogens with one attached hydrogen (secondary N) is 2. The van der Waals surface area contributed by atoms with Gasteiger partial charge in [-0.25, -0.2) is 0 Å². The van der Waals surface area contributed by atoms with E-state index in [2.05, 4.69) is 10.6 Å². The Kier molecular flexibility index (Phi) is 8.81. The first-order chi connectivity index (χ1) is 18.0. The van der Waals surface area contributed by atoms with E-state index in [1.54, 1.807) is 48.5 Å². The minimum atomic E-state index is -1.04. The largest absolute Gasteiger partial charge is 0.495 e. The molecule has 1 fully saturated rings. The summed E-state index contributed by atoms with van der Waals surface area (Å²) in [5.74, 6) is -0.976. The fourth-order valence-electron chi connectivity index (χ4n) is 4.15. The van der Waals surface area contributed by atoms with Gasteiger partial charge in [-0.05, 0) is 48.7 Å². The van der Waals surface area contributed by atoms with Crippen molar-refractivity contribution in [3.8, 4) is 5.75 Å². The van der Waals surface area contributed by atoms with Crippen LogP contribution in [0, 0.1) is 0 Å². The van der Waals surface area contributed by atoms with E-state index < -0.39 is 17.9 Å². The van der Waals surface area contributed by atoms with E-state index in [4.69, 9.17) is 25.5 Å². The second-order valence-corrected chi connectivity index (χ2v) is 8.84. The molecule has 2 N–H and O–H groups in total. The van der Waals surface area contributed by atoms with Crippen LogP contribution in [0.3, 0.4) is 0 Å². The molecule has 1 saturated heterocycles. The lowest BCUT2D eigenvalue weighted by atomic mass is 10.0. The van der Waals surface area contributed by atoms with Gasteiger partial charge in [-0.15, -0.1) is 0 Å². The summed E-state index contributed by atoms with van der Waals surface area (Å²) in [7, 11) is 1.49. The zero-order chi connectivity index (χ0) is 26.2. The number of anilines is 1. The lowest BCUT2D eigenvalue weighted by Gasteiger charge is -2.32. The molecule has 10 heteroatoms. The molecule has 3 amide bonds. The van der Waals surface area contributed by atoms with Crippen LogP contribution in [0.4, 0.5) is 5.69 Å². The first-order valence-corrected chi connectivity index (χ1v) is 12.3. The zero-order valence-electron chi connectivity index (χ0n) is 20.3. The van der Waals surface area contributed by atoms with Gasteiger partial charge in [0.25, 0.3) is 5.91 Å². The van der Waals surface area contributed by atoms with Crippen molar-refractivity contribution in [1.82, 2.24) is 10.6 Å². The summed E-state index contributed by atoms with van der Waals surface area (Å²) in [6.07, 6.45) is 3.08. The van der Waals surface area contributed by atoms with E-state index in [0.29, 0.717) is 30.2 Å². The molecule has 0 unspecified atom stereocenters. The van der Waals surface area contributed by atoms with Gasteiger partial charge >= 0.3 is 0 Å². The van der Waals surface area contributed by atoms with Gasteiger partial charge in [0.1, 0.15) is 11.8 Å². The fraction of sp³-hybridized carbons (Fsp3) is 0.296. The molecule has 0 saturated carbocycles. The Morgan fingerprint density at radius 2 is 1.92 bits per heavy atom. The number of hydrogen-bond acceptors (Lipinski definition) is 6. The number of hydrogen-bond donors (Lipinski definition) is 2. The molecule has 37 heavy (non-hydrogen) atoms. The SMILES string of the molecule is COc1ccc(N(C(=O)CNC(=O)c2ccco2)[C@@H](C(=O)NC[C@@H]2CCCO2)c2ccccc2)cc1Cl. The third-order valence-electron chi connectivity index (χ3n) is 5.98. The summed E-state index contributed by atoms with van der Waals surface area (Å²) in [5, 5.41) is 5.76. The normalized spacial score (nSPS) is 15.6. The fourth-order valence-corrected chi connectivity index (χ4v) is 4.40. The molecule has 1 aliphatic heterocycles. The Morgan fingerprint density at radius 3 is 2.57 bits per heavy atom. The molecule has 0 spiro atoms. The monoisotopic (exact) mass is 525 g/mol. The number of carbonyl (C=O) groups excluding carboxylic acids is 3. The highest BCUT2D eigenvalue weighted by Crippen LogP contribution is 2.34. The van der Waals surface area contributed by atoms with Gasteiger partial charge in [-0.1, -0.05) is 41.9 Å². The number of halogens is 1. The predicted octanol–water partition coefficient (Wildman–Crippen LogP) is 3.74. The highest BCUT2D eigenvalue weighted by atomic mass is 35.5. The first-order valence-electron chi connectivity index (χ1n) is 11.9. The molecule has 0 radical (unpaired) electrons. The number of methoxy groups -OCH3 is 1. The second kappa shape index (κ2) is 12.4. The van der Waals surface area contributed by atoms with Crippen molar-refractivity contribution in [2.45, 2.75) is 25.0 Å². The van der Waals surface area contributed by atoms with Crippen LogP contribution in [-0.2, 0) is 14.3 Å². The maximum atomic E-state index is 13.7. The Hall–Kier alpha value is -3.82. The zero-order valence-corrected chi connectivity index (χ0v) is 21.1. The number of benzene rings is 2. The average Bonchev–Trinajstić information content (AvgIpc) is 3.64.